The van der Waals surface area contributed by atoms with Gasteiger partial charge in [0.05, 0.1) is 18.7 Å². The van der Waals surface area contributed by atoms with E-state index in [1.54, 1.807) is 13.0 Å². The molecule has 1 rings (SSSR count). The van der Waals surface area contributed by atoms with Crippen molar-refractivity contribution in [1.82, 2.24) is 10.6 Å². The summed E-state index contributed by atoms with van der Waals surface area (Å²) in [6.07, 6.45) is 0. The van der Waals surface area contributed by atoms with E-state index < -0.39 is 11.9 Å². The van der Waals surface area contributed by atoms with Gasteiger partial charge in [0.25, 0.3) is 5.91 Å². The van der Waals surface area contributed by atoms with Crippen LogP contribution in [0.15, 0.2) is 18.2 Å². The number of ether oxygens (including phenoxy) is 2. The van der Waals surface area contributed by atoms with Gasteiger partial charge in [-0.05, 0) is 19.1 Å². The molecule has 0 aromatic heterocycles. The fourth-order valence-electron chi connectivity index (χ4n) is 1.37. The summed E-state index contributed by atoms with van der Waals surface area (Å²) in [5.41, 5.74) is 0.418. The molecule has 0 unspecified atom stereocenters. The number of carbonyl (C=O) groups is 2. The molecule has 0 spiro atoms. The maximum absolute atomic E-state index is 11.4. The van der Waals surface area contributed by atoms with E-state index in [9.17, 15) is 9.59 Å². The van der Waals surface area contributed by atoms with Crippen LogP contribution in [0, 0.1) is 11.3 Å². The lowest BCUT2D eigenvalue weighted by atomic mass is 10.2. The molecule has 106 valence electrons. The molecule has 0 aliphatic heterocycles. The van der Waals surface area contributed by atoms with Gasteiger partial charge in [0.1, 0.15) is 0 Å². The number of nitriles is 1. The zero-order valence-corrected chi connectivity index (χ0v) is 11.2. The van der Waals surface area contributed by atoms with Crippen molar-refractivity contribution < 1.29 is 19.1 Å². The van der Waals surface area contributed by atoms with Gasteiger partial charge in [0.2, 0.25) is 0 Å². The predicted octanol–water partition coefficient (Wildman–Crippen LogP) is 0.791. The molecule has 0 fully saturated rings. The molecule has 0 aliphatic carbocycles. The van der Waals surface area contributed by atoms with Gasteiger partial charge in [0.15, 0.2) is 18.1 Å². The Kier molecular flexibility index (Phi) is 5.84. The zero-order valence-electron chi connectivity index (χ0n) is 11.2. The molecule has 0 atom stereocenters. The average Bonchev–Trinajstić information content (AvgIpc) is 2.45. The third-order valence-corrected chi connectivity index (χ3v) is 2.24. The van der Waals surface area contributed by atoms with Gasteiger partial charge in [-0.3, -0.25) is 10.1 Å². The summed E-state index contributed by atoms with van der Waals surface area (Å²) in [6.45, 7) is 1.82. The van der Waals surface area contributed by atoms with E-state index in [0.717, 1.165) is 0 Å². The number of carbonyl (C=O) groups excluding carboxylic acids is 2. The van der Waals surface area contributed by atoms with Gasteiger partial charge in [-0.25, -0.2) is 4.79 Å². The first kappa shape index (κ1) is 15.3. The van der Waals surface area contributed by atoms with Crippen LogP contribution in [0.5, 0.6) is 11.5 Å². The van der Waals surface area contributed by atoms with Crippen LogP contribution in [0.1, 0.15) is 12.5 Å². The minimum atomic E-state index is -0.581. The minimum Gasteiger partial charge on any atom is -0.493 e. The van der Waals surface area contributed by atoms with Gasteiger partial charge in [-0.1, -0.05) is 0 Å². The number of hydrogen-bond donors (Lipinski definition) is 2. The molecule has 7 heteroatoms. The second-order valence-corrected chi connectivity index (χ2v) is 3.67. The molecule has 1 aromatic carbocycles. The summed E-state index contributed by atoms with van der Waals surface area (Å²) in [4.78, 5) is 22.5. The van der Waals surface area contributed by atoms with E-state index in [4.69, 9.17) is 14.7 Å². The summed E-state index contributed by atoms with van der Waals surface area (Å²) in [5.74, 6) is 0.0785. The van der Waals surface area contributed by atoms with E-state index in [1.807, 2.05) is 6.07 Å². The fourth-order valence-corrected chi connectivity index (χ4v) is 1.37. The molecule has 3 amide bonds. The Morgan fingerprint density at radius 2 is 2.10 bits per heavy atom. The lowest BCUT2D eigenvalue weighted by Crippen LogP contribution is -2.41. The highest BCUT2D eigenvalue weighted by Gasteiger charge is 2.10. The topological polar surface area (TPSA) is 100 Å². The highest BCUT2D eigenvalue weighted by atomic mass is 16.5. The number of rotatable bonds is 5. The van der Waals surface area contributed by atoms with E-state index in [0.29, 0.717) is 23.6 Å². The van der Waals surface area contributed by atoms with E-state index in [1.165, 1.54) is 19.2 Å². The van der Waals surface area contributed by atoms with Crippen LogP contribution in [0.25, 0.3) is 0 Å². The standard InChI is InChI=1S/C13H15N3O4/c1-3-15-13(18)16-12(17)8-20-10-5-4-9(7-14)6-11(10)19-2/h4-6H,3,8H2,1-2H3,(H2,15,16,17,18). The molecular formula is C13H15N3O4. The third kappa shape index (κ3) is 4.49. The number of urea groups is 1. The number of hydrogen-bond acceptors (Lipinski definition) is 5. The molecule has 1 aromatic rings. The Bertz CT molecular complexity index is 537. The minimum absolute atomic E-state index is 0.317. The Balaban J connectivity index is 2.59. The zero-order chi connectivity index (χ0) is 15.0. The molecule has 0 aliphatic rings. The number of benzene rings is 1. The summed E-state index contributed by atoms with van der Waals surface area (Å²) in [5, 5.41) is 13.3. The van der Waals surface area contributed by atoms with Crippen LogP contribution in [-0.2, 0) is 4.79 Å². The first-order valence-electron chi connectivity index (χ1n) is 5.89. The molecule has 0 saturated heterocycles. The summed E-state index contributed by atoms with van der Waals surface area (Å²) in [6, 6.07) is 5.95. The smallest absolute Gasteiger partial charge is 0.321 e. The predicted molar refractivity (Wildman–Crippen MR) is 70.4 cm³/mol. The van der Waals surface area contributed by atoms with Crippen LogP contribution in [0.4, 0.5) is 4.79 Å². The van der Waals surface area contributed by atoms with Gasteiger partial charge in [-0.2, -0.15) is 5.26 Å². The normalized spacial score (nSPS) is 9.25. The molecule has 0 bridgehead atoms. The van der Waals surface area contributed by atoms with Crippen molar-refractivity contribution in [2.45, 2.75) is 6.92 Å². The van der Waals surface area contributed by atoms with Crippen molar-refractivity contribution in [2.24, 2.45) is 0 Å². The Morgan fingerprint density at radius 3 is 2.70 bits per heavy atom. The van der Waals surface area contributed by atoms with Crippen LogP contribution < -0.4 is 20.1 Å². The molecule has 0 saturated carbocycles. The summed E-state index contributed by atoms with van der Waals surface area (Å²) < 4.78 is 10.3. The molecule has 0 radical (unpaired) electrons. The van der Waals surface area contributed by atoms with Crippen molar-refractivity contribution in [3.05, 3.63) is 23.8 Å². The Labute approximate surface area is 116 Å². The lowest BCUT2D eigenvalue weighted by molar-refractivity contribution is -0.122. The molecule has 7 nitrogen and oxygen atoms in total. The average molecular weight is 277 g/mol. The molecular weight excluding hydrogens is 262 g/mol. The van der Waals surface area contributed by atoms with Crippen molar-refractivity contribution in [2.75, 3.05) is 20.3 Å². The number of amides is 3. The van der Waals surface area contributed by atoms with Gasteiger partial charge in [0, 0.05) is 12.6 Å². The monoisotopic (exact) mass is 277 g/mol. The maximum Gasteiger partial charge on any atom is 0.321 e. The Hall–Kier alpha value is -2.75. The first-order chi connectivity index (χ1) is 9.60. The molecule has 2 N–H and O–H groups in total. The maximum atomic E-state index is 11.4. The van der Waals surface area contributed by atoms with E-state index in [2.05, 4.69) is 10.6 Å². The lowest BCUT2D eigenvalue weighted by Gasteiger charge is -2.10. The molecule has 0 heterocycles. The number of nitrogens with zero attached hydrogens (tertiary/aromatic N) is 1. The van der Waals surface area contributed by atoms with Crippen molar-refractivity contribution in [3.8, 4) is 17.6 Å². The largest absolute Gasteiger partial charge is 0.493 e. The fraction of sp³-hybridized carbons (Fsp3) is 0.308. The van der Waals surface area contributed by atoms with Crippen molar-refractivity contribution in [3.63, 3.8) is 0 Å². The first-order valence-corrected chi connectivity index (χ1v) is 5.89. The second-order valence-electron chi connectivity index (χ2n) is 3.67. The van der Waals surface area contributed by atoms with Crippen LogP contribution in [0.2, 0.25) is 0 Å². The summed E-state index contributed by atoms with van der Waals surface area (Å²) >= 11 is 0. The number of nitrogens with one attached hydrogen (secondary N) is 2. The van der Waals surface area contributed by atoms with Gasteiger partial charge < -0.3 is 14.8 Å². The SMILES string of the molecule is CCNC(=O)NC(=O)COc1ccc(C#N)cc1OC. The molecule has 20 heavy (non-hydrogen) atoms. The second kappa shape index (κ2) is 7.63. The van der Waals surface area contributed by atoms with E-state index >= 15 is 0 Å². The van der Waals surface area contributed by atoms with Crippen LogP contribution in [-0.4, -0.2) is 32.2 Å². The number of imide groups is 1. The Morgan fingerprint density at radius 1 is 1.35 bits per heavy atom. The highest BCUT2D eigenvalue weighted by molar-refractivity contribution is 5.94. The highest BCUT2D eigenvalue weighted by Crippen LogP contribution is 2.27. The van der Waals surface area contributed by atoms with Crippen LogP contribution in [0.3, 0.4) is 0 Å². The van der Waals surface area contributed by atoms with Crippen LogP contribution >= 0.6 is 0 Å². The summed E-state index contributed by atoms with van der Waals surface area (Å²) in [7, 11) is 1.43. The number of methoxy groups -OCH3 is 1. The van der Waals surface area contributed by atoms with Crippen molar-refractivity contribution in [1.29, 1.82) is 5.26 Å². The van der Waals surface area contributed by atoms with E-state index in [-0.39, 0.29) is 6.61 Å². The van der Waals surface area contributed by atoms with Gasteiger partial charge in [-0.15, -0.1) is 0 Å². The van der Waals surface area contributed by atoms with Crippen molar-refractivity contribution >= 4 is 11.9 Å². The third-order valence-electron chi connectivity index (χ3n) is 2.24. The quantitative estimate of drug-likeness (QED) is 0.828. The van der Waals surface area contributed by atoms with Gasteiger partial charge >= 0.3 is 6.03 Å².